The van der Waals surface area contributed by atoms with Crippen molar-refractivity contribution in [3.63, 3.8) is 0 Å². The summed E-state index contributed by atoms with van der Waals surface area (Å²) in [5.74, 6) is -0.204. The number of primary amides is 1. The van der Waals surface area contributed by atoms with Crippen molar-refractivity contribution in [2.45, 2.75) is 12.5 Å². The molecule has 5 rings (SSSR count). The third kappa shape index (κ3) is 3.49. The Morgan fingerprint density at radius 1 is 1.21 bits per heavy atom. The van der Waals surface area contributed by atoms with Crippen molar-refractivity contribution in [3.05, 3.63) is 65.6 Å². The van der Waals surface area contributed by atoms with Gasteiger partial charge in [-0.25, -0.2) is 9.07 Å². The minimum Gasteiger partial charge on any atom is -0.368 e. The molecule has 1 fully saturated rings. The molecule has 10 heteroatoms. The fourth-order valence-electron chi connectivity index (χ4n) is 4.25. The lowest BCUT2D eigenvalue weighted by molar-refractivity contribution is -0.125. The normalized spacial score (nSPS) is 14.9. The average Bonchev–Trinajstić information content (AvgIpc) is 3.16. The van der Waals surface area contributed by atoms with Gasteiger partial charge in [-0.05, 0) is 42.9 Å². The number of likely N-dealkylation sites (N-methyl/N-ethyl adjacent to an activating group) is 1. The van der Waals surface area contributed by atoms with E-state index in [0.29, 0.717) is 47.4 Å². The largest absolute Gasteiger partial charge is 0.368 e. The van der Waals surface area contributed by atoms with Gasteiger partial charge in [-0.3, -0.25) is 4.79 Å². The molecule has 0 unspecified atom stereocenters. The Morgan fingerprint density at radius 2 is 1.94 bits per heavy atom. The highest BCUT2D eigenvalue weighted by Gasteiger charge is 2.48. The summed E-state index contributed by atoms with van der Waals surface area (Å²) in [4.78, 5) is 14.0. The van der Waals surface area contributed by atoms with Crippen LogP contribution >= 0.6 is 11.6 Å². The molecule has 33 heavy (non-hydrogen) atoms. The SMILES string of the molecule is CCNC1(C(N)=O)CN(c2nncc3c(-c4ccc(F)cc4)n(-c4ccccc4Cl)nc23)C1. The molecular formula is C23H21ClFN7O. The number of carbonyl (C=O) groups excluding carboxylic acids is 1. The van der Waals surface area contributed by atoms with Crippen molar-refractivity contribution in [1.29, 1.82) is 0 Å². The van der Waals surface area contributed by atoms with E-state index in [-0.39, 0.29) is 5.82 Å². The Labute approximate surface area is 194 Å². The minimum absolute atomic E-state index is 0.334. The lowest BCUT2D eigenvalue weighted by atomic mass is 9.88. The van der Waals surface area contributed by atoms with Crippen LogP contribution in [0.2, 0.25) is 5.02 Å². The monoisotopic (exact) mass is 465 g/mol. The van der Waals surface area contributed by atoms with E-state index < -0.39 is 11.4 Å². The van der Waals surface area contributed by atoms with Gasteiger partial charge in [0.1, 0.15) is 16.9 Å². The van der Waals surface area contributed by atoms with Crippen molar-refractivity contribution in [3.8, 4) is 16.9 Å². The van der Waals surface area contributed by atoms with E-state index >= 15 is 0 Å². The number of halogens is 2. The zero-order valence-electron chi connectivity index (χ0n) is 17.8. The zero-order chi connectivity index (χ0) is 23.2. The highest BCUT2D eigenvalue weighted by molar-refractivity contribution is 6.32. The van der Waals surface area contributed by atoms with Crippen molar-refractivity contribution in [1.82, 2.24) is 25.3 Å². The molecule has 0 bridgehead atoms. The van der Waals surface area contributed by atoms with Crippen molar-refractivity contribution >= 4 is 34.2 Å². The van der Waals surface area contributed by atoms with Crippen LogP contribution in [0, 0.1) is 5.82 Å². The number of nitrogens with zero attached hydrogens (tertiary/aromatic N) is 5. The first-order chi connectivity index (χ1) is 15.9. The zero-order valence-corrected chi connectivity index (χ0v) is 18.6. The Hall–Kier alpha value is -3.56. The molecule has 1 aliphatic heterocycles. The number of benzene rings is 2. The van der Waals surface area contributed by atoms with Crippen molar-refractivity contribution in [2.24, 2.45) is 5.73 Å². The molecule has 1 amide bonds. The van der Waals surface area contributed by atoms with E-state index in [9.17, 15) is 9.18 Å². The van der Waals surface area contributed by atoms with Gasteiger partial charge in [0.15, 0.2) is 5.82 Å². The fraction of sp³-hybridized carbons (Fsp3) is 0.217. The molecule has 0 radical (unpaired) electrons. The predicted molar refractivity (Wildman–Crippen MR) is 125 cm³/mol. The van der Waals surface area contributed by atoms with Gasteiger partial charge in [-0.15, -0.1) is 5.10 Å². The Morgan fingerprint density at radius 3 is 2.61 bits per heavy atom. The van der Waals surface area contributed by atoms with Gasteiger partial charge in [0.05, 0.1) is 28.0 Å². The second-order valence-electron chi connectivity index (χ2n) is 7.98. The van der Waals surface area contributed by atoms with Crippen LogP contribution < -0.4 is 16.0 Å². The summed E-state index contributed by atoms with van der Waals surface area (Å²) in [5, 5.41) is 17.8. The second kappa shape index (κ2) is 8.09. The third-order valence-corrected chi connectivity index (χ3v) is 6.20. The number of hydrogen-bond donors (Lipinski definition) is 2. The van der Waals surface area contributed by atoms with Crippen LogP contribution in [-0.2, 0) is 4.79 Å². The van der Waals surface area contributed by atoms with Crippen molar-refractivity contribution in [2.75, 3.05) is 24.5 Å². The van der Waals surface area contributed by atoms with Crippen LogP contribution in [-0.4, -0.2) is 51.1 Å². The summed E-state index contributed by atoms with van der Waals surface area (Å²) >= 11 is 6.50. The molecule has 168 valence electrons. The van der Waals surface area contributed by atoms with Gasteiger partial charge in [0.25, 0.3) is 0 Å². The standard InChI is InChI=1S/C23H21ClFN7O/c1-2-27-23(22(26)33)12-31(13-23)21-19-16(11-28-29-21)20(14-7-9-15(25)10-8-14)32(30-19)18-6-4-3-5-17(18)24/h3-11,27H,2,12-13H2,1H3,(H2,26,33). The van der Waals surface area contributed by atoms with Crippen LogP contribution in [0.3, 0.4) is 0 Å². The molecule has 3 heterocycles. The van der Waals surface area contributed by atoms with Crippen LogP contribution in [0.1, 0.15) is 6.92 Å². The number of para-hydroxylation sites is 1. The quantitative estimate of drug-likeness (QED) is 0.454. The number of nitrogens with two attached hydrogens (primary N) is 1. The second-order valence-corrected chi connectivity index (χ2v) is 8.39. The number of aromatic nitrogens is 4. The third-order valence-electron chi connectivity index (χ3n) is 5.88. The first kappa shape index (κ1) is 21.3. The van der Waals surface area contributed by atoms with E-state index in [0.717, 1.165) is 10.9 Å². The number of nitrogens with one attached hydrogen (secondary N) is 1. The Bertz CT molecular complexity index is 1350. The van der Waals surface area contributed by atoms with Crippen LogP contribution in [0.25, 0.3) is 27.8 Å². The molecule has 8 nitrogen and oxygen atoms in total. The summed E-state index contributed by atoms with van der Waals surface area (Å²) in [5.41, 5.74) is 7.56. The molecule has 0 spiro atoms. The van der Waals surface area contributed by atoms with Gasteiger partial charge >= 0.3 is 0 Å². The van der Waals surface area contributed by atoms with E-state index in [4.69, 9.17) is 22.4 Å². The maximum Gasteiger partial charge on any atom is 0.241 e. The van der Waals surface area contributed by atoms with Crippen LogP contribution in [0.5, 0.6) is 0 Å². The summed E-state index contributed by atoms with van der Waals surface area (Å²) in [6.45, 7) is 3.25. The molecule has 0 saturated carbocycles. The van der Waals surface area contributed by atoms with E-state index in [2.05, 4.69) is 15.5 Å². The average molecular weight is 466 g/mol. The first-order valence-electron chi connectivity index (χ1n) is 10.5. The molecule has 0 aliphatic carbocycles. The molecule has 0 atom stereocenters. The number of amides is 1. The first-order valence-corrected chi connectivity index (χ1v) is 10.9. The highest BCUT2D eigenvalue weighted by atomic mass is 35.5. The number of fused-ring (bicyclic) bond motifs is 1. The molecule has 2 aromatic heterocycles. The van der Waals surface area contributed by atoms with Gasteiger partial charge in [-0.2, -0.15) is 10.2 Å². The molecule has 3 N–H and O–H groups in total. The van der Waals surface area contributed by atoms with Crippen LogP contribution in [0.4, 0.5) is 10.2 Å². The number of carbonyl (C=O) groups is 1. The Kier molecular flexibility index (Phi) is 5.22. The number of anilines is 1. The summed E-state index contributed by atoms with van der Waals surface area (Å²) in [6.07, 6.45) is 1.63. The van der Waals surface area contributed by atoms with Gasteiger partial charge in [0, 0.05) is 18.7 Å². The van der Waals surface area contributed by atoms with Crippen LogP contribution in [0.15, 0.2) is 54.7 Å². The molecular weight excluding hydrogens is 445 g/mol. The lowest BCUT2D eigenvalue weighted by Gasteiger charge is -2.48. The molecule has 1 aliphatic rings. The predicted octanol–water partition coefficient (Wildman–Crippen LogP) is 2.93. The lowest BCUT2D eigenvalue weighted by Crippen LogP contribution is -2.75. The maximum atomic E-state index is 13.6. The number of rotatable bonds is 6. The van der Waals surface area contributed by atoms with Gasteiger partial charge in [-0.1, -0.05) is 30.7 Å². The Balaban J connectivity index is 1.68. The maximum absolute atomic E-state index is 13.6. The fourth-order valence-corrected chi connectivity index (χ4v) is 4.47. The minimum atomic E-state index is -0.816. The van der Waals surface area contributed by atoms with E-state index in [1.165, 1.54) is 12.1 Å². The van der Waals surface area contributed by atoms with E-state index in [1.807, 2.05) is 30.0 Å². The smallest absolute Gasteiger partial charge is 0.241 e. The summed E-state index contributed by atoms with van der Waals surface area (Å²) < 4.78 is 15.4. The van der Waals surface area contributed by atoms with E-state index in [1.54, 1.807) is 29.1 Å². The van der Waals surface area contributed by atoms with Crippen molar-refractivity contribution < 1.29 is 9.18 Å². The number of hydrogen-bond acceptors (Lipinski definition) is 6. The summed E-state index contributed by atoms with van der Waals surface area (Å²) in [7, 11) is 0. The highest BCUT2D eigenvalue weighted by Crippen LogP contribution is 2.37. The topological polar surface area (TPSA) is 102 Å². The summed E-state index contributed by atoms with van der Waals surface area (Å²) in [6, 6.07) is 13.5. The van der Waals surface area contributed by atoms with Gasteiger partial charge < -0.3 is 16.0 Å². The molecule has 4 aromatic rings. The molecule has 1 saturated heterocycles. The van der Waals surface area contributed by atoms with Gasteiger partial charge in [0.2, 0.25) is 5.91 Å². The molecule has 2 aromatic carbocycles.